The molecule has 0 bridgehead atoms. The third-order valence-corrected chi connectivity index (χ3v) is 15.8. The normalized spacial score (nSPS) is 12.1. The molecule has 9 rings (SSSR count). The second kappa shape index (κ2) is 17.9. The largest absolute Gasteiger partial charge is 0.242 e. The first-order valence-corrected chi connectivity index (χ1v) is 25.8. The molecule has 0 unspecified atom stereocenters. The number of benzene rings is 8. The molecule has 352 valence electrons. The molecule has 0 nitrogen and oxygen atoms in total. The molecule has 0 saturated heterocycles. The Bertz CT molecular complexity index is 2980. The summed E-state index contributed by atoms with van der Waals surface area (Å²) < 4.78 is 0. The van der Waals surface area contributed by atoms with Crippen LogP contribution in [0.2, 0.25) is 0 Å². The first-order valence-electron chi connectivity index (χ1n) is 25.8. The van der Waals surface area contributed by atoms with Crippen molar-refractivity contribution in [1.82, 2.24) is 0 Å². The summed E-state index contributed by atoms with van der Waals surface area (Å²) in [6.07, 6.45) is 0. The highest BCUT2D eigenvalue weighted by Gasteiger charge is 2.34. The van der Waals surface area contributed by atoms with Gasteiger partial charge in [-0.05, 0) is 162 Å². The van der Waals surface area contributed by atoms with Gasteiger partial charge in [-0.1, -0.05) is 250 Å². The van der Waals surface area contributed by atoms with Crippen molar-refractivity contribution in [3.05, 3.63) is 199 Å². The van der Waals surface area contributed by atoms with E-state index < -0.39 is 0 Å². The lowest BCUT2D eigenvalue weighted by molar-refractivity contribution is 0.590. The molecule has 0 heterocycles. The molecule has 8 aromatic rings. The van der Waals surface area contributed by atoms with Crippen LogP contribution in [0.25, 0.3) is 44.5 Å². The molecule has 1 aliphatic carbocycles. The molecule has 2 heteroatoms. The van der Waals surface area contributed by atoms with Gasteiger partial charge in [0.15, 0.2) is 0 Å². The Morgan fingerprint density at radius 2 is 0.457 bits per heavy atom. The molecule has 0 spiro atoms. The van der Waals surface area contributed by atoms with E-state index in [1.165, 1.54) is 155 Å². The Hall–Kier alpha value is -6.11. The molecule has 0 atom stereocenters. The van der Waals surface area contributed by atoms with Gasteiger partial charge in [0.2, 0.25) is 13.4 Å². The van der Waals surface area contributed by atoms with Crippen LogP contribution in [0.15, 0.2) is 121 Å². The summed E-state index contributed by atoms with van der Waals surface area (Å²) in [5.74, 6) is 0. The lowest BCUT2D eigenvalue weighted by Crippen LogP contribution is -2.56. The topological polar surface area (TPSA) is 0 Å². The predicted octanol–water partition coefficient (Wildman–Crippen LogP) is 14.0. The van der Waals surface area contributed by atoms with E-state index in [4.69, 9.17) is 0 Å². The fraction of sp³-hybridized carbons (Fsp3) is 0.294. The zero-order chi connectivity index (χ0) is 50.5. The van der Waals surface area contributed by atoms with Gasteiger partial charge in [-0.3, -0.25) is 0 Å². The molecule has 0 N–H and O–H groups in total. The molecule has 0 fully saturated rings. The average Bonchev–Trinajstić information content (AvgIpc) is 3.25. The Kier molecular flexibility index (Phi) is 12.5. The summed E-state index contributed by atoms with van der Waals surface area (Å²) in [7, 11) is 0. The molecule has 0 radical (unpaired) electrons. The first-order chi connectivity index (χ1) is 32.9. The number of hydrogen-bond donors (Lipinski definition) is 0. The number of fused-ring (bicyclic) bond motifs is 8. The molecular formula is C68H74B2. The lowest BCUT2D eigenvalue weighted by atomic mass is 9.34. The van der Waals surface area contributed by atoms with Crippen LogP contribution in [0.5, 0.6) is 0 Å². The van der Waals surface area contributed by atoms with Gasteiger partial charge >= 0.3 is 0 Å². The van der Waals surface area contributed by atoms with Crippen LogP contribution in [0.3, 0.4) is 0 Å². The number of aryl methyl sites for hydroxylation is 12. The minimum absolute atomic E-state index is 0.0385. The van der Waals surface area contributed by atoms with E-state index in [0.29, 0.717) is 0 Å². The van der Waals surface area contributed by atoms with Crippen molar-refractivity contribution in [3.63, 3.8) is 0 Å². The third-order valence-electron chi connectivity index (χ3n) is 15.8. The standard InChI is InChI=1S/C68H74B2/c1-39-27-43(5)63(44(6)28-39)69(64-45(7)29-40(2)30-46(64)8)53-21-25-57-58-26-22-54(70(65-47(9)31-41(3)32-48(65)10)66-49(11)33-42(4)34-50(66)12)38-62(58)60-36-52(68(16,17)18)20-24-56(60)55-23-19-51(67(13,14)15)35-59(55)61(57)37-53/h19-38H,1-18H3. The van der Waals surface area contributed by atoms with Gasteiger partial charge in [0, 0.05) is 0 Å². The van der Waals surface area contributed by atoms with E-state index in [1.54, 1.807) is 0 Å². The van der Waals surface area contributed by atoms with Crippen molar-refractivity contribution >= 4 is 46.2 Å². The van der Waals surface area contributed by atoms with Crippen molar-refractivity contribution in [2.45, 2.75) is 135 Å². The fourth-order valence-corrected chi connectivity index (χ4v) is 12.9. The van der Waals surface area contributed by atoms with Crippen molar-refractivity contribution < 1.29 is 0 Å². The summed E-state index contributed by atoms with van der Waals surface area (Å²) in [5, 5.41) is 0. The molecule has 70 heavy (non-hydrogen) atoms. The maximum absolute atomic E-state index is 2.59. The van der Waals surface area contributed by atoms with E-state index in [1.807, 2.05) is 0 Å². The highest BCUT2D eigenvalue weighted by molar-refractivity contribution is 6.97. The number of hydrogen-bond acceptors (Lipinski definition) is 0. The molecular weight excluding hydrogens is 838 g/mol. The fourth-order valence-electron chi connectivity index (χ4n) is 12.9. The summed E-state index contributed by atoms with van der Waals surface area (Å²) >= 11 is 0. The van der Waals surface area contributed by atoms with E-state index in [9.17, 15) is 0 Å². The minimum atomic E-state index is -0.0385. The zero-order valence-electron chi connectivity index (χ0n) is 45.7. The molecule has 0 saturated carbocycles. The summed E-state index contributed by atoms with van der Waals surface area (Å²) in [4.78, 5) is 0. The quantitative estimate of drug-likeness (QED) is 0.146. The maximum atomic E-state index is 2.59. The Balaban J connectivity index is 1.42. The van der Waals surface area contributed by atoms with Gasteiger partial charge in [0.05, 0.1) is 0 Å². The highest BCUT2D eigenvalue weighted by Crippen LogP contribution is 2.49. The van der Waals surface area contributed by atoms with Gasteiger partial charge < -0.3 is 0 Å². The molecule has 0 aliphatic heterocycles. The average molecular weight is 913 g/mol. The van der Waals surface area contributed by atoms with Crippen LogP contribution in [0.4, 0.5) is 0 Å². The van der Waals surface area contributed by atoms with E-state index in [0.717, 1.165) is 0 Å². The smallest absolute Gasteiger partial charge is 0.0680 e. The number of rotatable bonds is 6. The molecule has 1 aliphatic rings. The van der Waals surface area contributed by atoms with Gasteiger partial charge in [-0.15, -0.1) is 0 Å². The van der Waals surface area contributed by atoms with Crippen LogP contribution in [0, 0.1) is 83.1 Å². The van der Waals surface area contributed by atoms with E-state index >= 15 is 0 Å². The monoisotopic (exact) mass is 913 g/mol. The third kappa shape index (κ3) is 8.76. The Morgan fingerprint density at radius 3 is 0.686 bits per heavy atom. The van der Waals surface area contributed by atoms with Crippen LogP contribution >= 0.6 is 0 Å². The highest BCUT2D eigenvalue weighted by atomic mass is 14.3. The first kappa shape index (κ1) is 48.9. The van der Waals surface area contributed by atoms with Crippen LogP contribution in [-0.4, -0.2) is 13.4 Å². The van der Waals surface area contributed by atoms with Crippen LogP contribution in [-0.2, 0) is 10.8 Å². The SMILES string of the molecule is Cc1cc(C)c(B(c2ccc3c(c2)-c2cc(C(C)(C)C)ccc2-c2ccc(C(C)(C)C)cc2-c2cc(B(c4c(C)cc(C)cc4C)c4c(C)cc(C)cc4C)ccc2-3)c2c(C)cc(C)cc2C)c(C)c1. The summed E-state index contributed by atoms with van der Waals surface area (Å²) in [5.41, 5.74) is 37.2. The maximum Gasteiger partial charge on any atom is 0.242 e. The summed E-state index contributed by atoms with van der Waals surface area (Å²) in [6.45, 7) is 41.7. The van der Waals surface area contributed by atoms with E-state index in [2.05, 4.69) is 246 Å². The van der Waals surface area contributed by atoms with Gasteiger partial charge in [0.1, 0.15) is 0 Å². The second-order valence-electron chi connectivity index (χ2n) is 23.7. The Morgan fingerprint density at radius 1 is 0.243 bits per heavy atom. The predicted molar refractivity (Wildman–Crippen MR) is 311 cm³/mol. The zero-order valence-corrected chi connectivity index (χ0v) is 45.7. The van der Waals surface area contributed by atoms with Crippen molar-refractivity contribution in [1.29, 1.82) is 0 Å². The molecule has 0 amide bonds. The Labute approximate surface area is 423 Å². The minimum Gasteiger partial charge on any atom is -0.0680 e. The van der Waals surface area contributed by atoms with Crippen LogP contribution in [0.1, 0.15) is 119 Å². The lowest BCUT2D eigenvalue weighted by Gasteiger charge is -2.30. The van der Waals surface area contributed by atoms with E-state index in [-0.39, 0.29) is 24.3 Å². The van der Waals surface area contributed by atoms with Crippen LogP contribution < -0.4 is 32.8 Å². The second-order valence-corrected chi connectivity index (χ2v) is 23.7. The van der Waals surface area contributed by atoms with Crippen molar-refractivity contribution in [3.8, 4) is 44.5 Å². The van der Waals surface area contributed by atoms with Crippen molar-refractivity contribution in [2.75, 3.05) is 0 Å². The van der Waals surface area contributed by atoms with Gasteiger partial charge in [0.25, 0.3) is 0 Å². The van der Waals surface area contributed by atoms with Crippen molar-refractivity contribution in [2.24, 2.45) is 0 Å². The summed E-state index contributed by atoms with van der Waals surface area (Å²) in [6, 6.07) is 48.9. The molecule has 0 aromatic heterocycles. The molecule has 8 aromatic carbocycles. The van der Waals surface area contributed by atoms with Gasteiger partial charge in [-0.25, -0.2) is 0 Å². The van der Waals surface area contributed by atoms with Gasteiger partial charge in [-0.2, -0.15) is 0 Å².